The fourth-order valence-electron chi connectivity index (χ4n) is 2.43. The van der Waals surface area contributed by atoms with Gasteiger partial charge in [0.1, 0.15) is 6.54 Å². The van der Waals surface area contributed by atoms with Gasteiger partial charge < -0.3 is 9.84 Å². The predicted octanol–water partition coefficient (Wildman–Crippen LogP) is 0.169. The number of aliphatic carboxylic acids is 1. The molecule has 2 heterocycles. The second-order valence-electron chi connectivity index (χ2n) is 4.99. The summed E-state index contributed by atoms with van der Waals surface area (Å²) in [6, 6.07) is 4.30. The normalized spacial score (nSPS) is 16.7. The summed E-state index contributed by atoms with van der Waals surface area (Å²) in [6.07, 6.45) is 0. The van der Waals surface area contributed by atoms with Crippen molar-refractivity contribution in [1.29, 1.82) is 0 Å². The Bertz CT molecular complexity index is 908. The van der Waals surface area contributed by atoms with Crippen molar-refractivity contribution < 1.29 is 23.1 Å². The molecule has 3 rings (SSSR count). The van der Waals surface area contributed by atoms with E-state index in [1.807, 2.05) is 0 Å². The van der Waals surface area contributed by atoms with Crippen LogP contribution in [0.3, 0.4) is 0 Å². The topological polar surface area (TPSA) is 106 Å². The first-order chi connectivity index (χ1) is 10.9. The van der Waals surface area contributed by atoms with Crippen molar-refractivity contribution in [1.82, 2.24) is 8.87 Å². The van der Waals surface area contributed by atoms with Crippen LogP contribution in [-0.2, 0) is 26.1 Å². The molecule has 0 atom stereocenters. The van der Waals surface area contributed by atoms with E-state index in [9.17, 15) is 18.0 Å². The molecule has 1 aliphatic heterocycles. The highest BCUT2D eigenvalue weighted by Crippen LogP contribution is 2.24. The second-order valence-corrected chi connectivity index (χ2v) is 7.92. The van der Waals surface area contributed by atoms with Crippen LogP contribution in [0.5, 0.6) is 0 Å². The zero-order valence-corrected chi connectivity index (χ0v) is 13.6. The summed E-state index contributed by atoms with van der Waals surface area (Å²) in [4.78, 5) is 22.4. The molecule has 8 nitrogen and oxygen atoms in total. The summed E-state index contributed by atoms with van der Waals surface area (Å²) in [5.41, 5.74) is 0.420. The minimum absolute atomic E-state index is 0.0932. The Hall–Kier alpha value is -1.75. The molecule has 1 aliphatic rings. The van der Waals surface area contributed by atoms with E-state index in [2.05, 4.69) is 0 Å². The number of thiazole rings is 1. The molecule has 0 amide bonds. The first kappa shape index (κ1) is 16.1. The molecule has 1 aromatic heterocycles. The number of morpholine rings is 1. The summed E-state index contributed by atoms with van der Waals surface area (Å²) < 4.78 is 33.3. The monoisotopic (exact) mass is 358 g/mol. The SMILES string of the molecule is O=C(O)Cn1c(=O)sc2cc(S(=O)(=O)N3CCOCC3)ccc21. The van der Waals surface area contributed by atoms with Crippen LogP contribution in [0.4, 0.5) is 0 Å². The van der Waals surface area contributed by atoms with Gasteiger partial charge >= 0.3 is 10.8 Å². The Morgan fingerprint density at radius 2 is 2.00 bits per heavy atom. The molecular weight excluding hydrogens is 344 g/mol. The molecule has 1 fully saturated rings. The zero-order chi connectivity index (χ0) is 16.6. The summed E-state index contributed by atoms with van der Waals surface area (Å²) in [7, 11) is -3.65. The summed E-state index contributed by atoms with van der Waals surface area (Å²) >= 11 is 0.834. The number of rotatable bonds is 4. The molecule has 0 saturated carbocycles. The minimum atomic E-state index is -3.65. The summed E-state index contributed by atoms with van der Waals surface area (Å²) in [5.74, 6) is -1.13. The maximum Gasteiger partial charge on any atom is 0.323 e. The lowest BCUT2D eigenvalue weighted by atomic mass is 10.3. The number of sulfonamides is 1. The van der Waals surface area contributed by atoms with Gasteiger partial charge in [0.15, 0.2) is 0 Å². The van der Waals surface area contributed by atoms with E-state index in [0.717, 1.165) is 15.9 Å². The van der Waals surface area contributed by atoms with Gasteiger partial charge in [-0.15, -0.1) is 0 Å². The number of ether oxygens (including phenoxy) is 1. The van der Waals surface area contributed by atoms with Gasteiger partial charge in [-0.3, -0.25) is 14.2 Å². The molecule has 0 radical (unpaired) electrons. The Morgan fingerprint density at radius 3 is 2.65 bits per heavy atom. The van der Waals surface area contributed by atoms with Crippen LogP contribution >= 0.6 is 11.3 Å². The number of hydrogen-bond acceptors (Lipinski definition) is 6. The van der Waals surface area contributed by atoms with Crippen molar-refractivity contribution in [2.24, 2.45) is 0 Å². The first-order valence-corrected chi connectivity index (χ1v) is 9.08. The van der Waals surface area contributed by atoms with Gasteiger partial charge in [-0.05, 0) is 18.2 Å². The number of carboxylic acids is 1. The molecule has 10 heteroatoms. The number of hydrogen-bond donors (Lipinski definition) is 1. The molecular formula is C13H14N2O6S2. The van der Waals surface area contributed by atoms with E-state index in [0.29, 0.717) is 23.4 Å². The van der Waals surface area contributed by atoms with Crippen molar-refractivity contribution in [2.75, 3.05) is 26.3 Å². The Balaban J connectivity index is 2.03. The Kier molecular flexibility index (Phi) is 4.23. The van der Waals surface area contributed by atoms with Gasteiger partial charge in [-0.25, -0.2) is 8.42 Å². The molecule has 1 saturated heterocycles. The van der Waals surface area contributed by atoms with Crippen LogP contribution in [0.25, 0.3) is 10.2 Å². The lowest BCUT2D eigenvalue weighted by Gasteiger charge is -2.26. The third kappa shape index (κ3) is 3.02. The van der Waals surface area contributed by atoms with Crippen LogP contribution < -0.4 is 4.87 Å². The van der Waals surface area contributed by atoms with Crippen molar-refractivity contribution in [2.45, 2.75) is 11.4 Å². The Labute approximate surface area is 135 Å². The van der Waals surface area contributed by atoms with E-state index < -0.39 is 27.4 Å². The third-order valence-corrected chi connectivity index (χ3v) is 6.38. The molecule has 0 unspecified atom stereocenters. The fraction of sp³-hybridized carbons (Fsp3) is 0.385. The number of carbonyl (C=O) groups is 1. The first-order valence-electron chi connectivity index (χ1n) is 6.82. The zero-order valence-electron chi connectivity index (χ0n) is 12.0. The van der Waals surface area contributed by atoms with E-state index in [1.54, 1.807) is 0 Å². The van der Waals surface area contributed by atoms with E-state index in [-0.39, 0.29) is 18.0 Å². The standard InChI is InChI=1S/C13H14N2O6S2/c16-12(17)8-15-10-2-1-9(7-11(10)22-13(15)18)23(19,20)14-3-5-21-6-4-14/h1-2,7H,3-6,8H2,(H,16,17). The largest absolute Gasteiger partial charge is 0.480 e. The van der Waals surface area contributed by atoms with Crippen molar-refractivity contribution >= 4 is 37.5 Å². The molecule has 2 aromatic rings. The van der Waals surface area contributed by atoms with Crippen LogP contribution in [0.1, 0.15) is 0 Å². The van der Waals surface area contributed by atoms with Crippen LogP contribution in [-0.4, -0.2) is 54.7 Å². The molecule has 1 N–H and O–H groups in total. The van der Waals surface area contributed by atoms with E-state index in [1.165, 1.54) is 22.5 Å². The van der Waals surface area contributed by atoms with E-state index in [4.69, 9.17) is 9.84 Å². The highest BCUT2D eigenvalue weighted by atomic mass is 32.2. The molecule has 124 valence electrons. The fourth-order valence-corrected chi connectivity index (χ4v) is 4.87. The van der Waals surface area contributed by atoms with Gasteiger partial charge in [0.2, 0.25) is 10.0 Å². The smallest absolute Gasteiger partial charge is 0.323 e. The number of nitrogens with zero attached hydrogens (tertiary/aromatic N) is 2. The van der Waals surface area contributed by atoms with Gasteiger partial charge in [0.25, 0.3) is 0 Å². The van der Waals surface area contributed by atoms with Gasteiger partial charge in [0.05, 0.1) is 28.3 Å². The number of aromatic nitrogens is 1. The quantitative estimate of drug-likeness (QED) is 0.835. The minimum Gasteiger partial charge on any atom is -0.480 e. The Morgan fingerprint density at radius 1 is 1.30 bits per heavy atom. The number of carboxylic acid groups (broad SMARTS) is 1. The number of benzene rings is 1. The summed E-state index contributed by atoms with van der Waals surface area (Å²) in [5, 5.41) is 8.85. The van der Waals surface area contributed by atoms with Gasteiger partial charge in [0, 0.05) is 13.1 Å². The van der Waals surface area contributed by atoms with Crippen molar-refractivity contribution in [3.05, 3.63) is 27.9 Å². The second kappa shape index (κ2) is 6.04. The third-order valence-electron chi connectivity index (χ3n) is 3.54. The van der Waals surface area contributed by atoms with Crippen molar-refractivity contribution in [3.8, 4) is 0 Å². The van der Waals surface area contributed by atoms with Crippen LogP contribution in [0.15, 0.2) is 27.9 Å². The lowest BCUT2D eigenvalue weighted by Crippen LogP contribution is -2.40. The molecule has 0 spiro atoms. The van der Waals surface area contributed by atoms with Crippen LogP contribution in [0, 0.1) is 0 Å². The molecule has 23 heavy (non-hydrogen) atoms. The highest BCUT2D eigenvalue weighted by Gasteiger charge is 2.27. The lowest BCUT2D eigenvalue weighted by molar-refractivity contribution is -0.137. The van der Waals surface area contributed by atoms with Crippen molar-refractivity contribution in [3.63, 3.8) is 0 Å². The number of fused-ring (bicyclic) bond motifs is 1. The maximum absolute atomic E-state index is 12.6. The molecule has 0 bridgehead atoms. The van der Waals surface area contributed by atoms with Crippen LogP contribution in [0.2, 0.25) is 0 Å². The average Bonchev–Trinajstić information content (AvgIpc) is 2.83. The average molecular weight is 358 g/mol. The van der Waals surface area contributed by atoms with Gasteiger partial charge in [-0.1, -0.05) is 11.3 Å². The highest BCUT2D eigenvalue weighted by molar-refractivity contribution is 7.89. The van der Waals surface area contributed by atoms with E-state index >= 15 is 0 Å². The summed E-state index contributed by atoms with van der Waals surface area (Å²) in [6.45, 7) is 0.829. The predicted molar refractivity (Wildman–Crippen MR) is 83.3 cm³/mol. The van der Waals surface area contributed by atoms with Gasteiger partial charge in [-0.2, -0.15) is 4.31 Å². The molecule has 1 aromatic carbocycles. The molecule has 0 aliphatic carbocycles. The maximum atomic E-state index is 12.6.